The molecule has 2 heterocycles. The Morgan fingerprint density at radius 2 is 1.40 bits per heavy atom. The molecule has 43 heavy (non-hydrogen) atoms. The zero-order valence-electron chi connectivity index (χ0n) is 23.3. The van der Waals surface area contributed by atoms with E-state index in [9.17, 15) is 19.7 Å². The van der Waals surface area contributed by atoms with E-state index in [0.717, 1.165) is 22.8 Å². The Balaban J connectivity index is 0.000000199. The van der Waals surface area contributed by atoms with Gasteiger partial charge in [0.15, 0.2) is 13.2 Å². The average molecular weight is 609 g/mol. The van der Waals surface area contributed by atoms with Crippen LogP contribution in [0.15, 0.2) is 93.8 Å². The van der Waals surface area contributed by atoms with Gasteiger partial charge >= 0.3 is 12.2 Å². The molecule has 1 amide bonds. The van der Waals surface area contributed by atoms with Gasteiger partial charge in [0.25, 0.3) is 5.69 Å². The van der Waals surface area contributed by atoms with E-state index in [1.165, 1.54) is 24.3 Å². The van der Waals surface area contributed by atoms with Crippen molar-refractivity contribution in [2.45, 2.75) is 26.6 Å². The summed E-state index contributed by atoms with van der Waals surface area (Å²) < 4.78 is 26.2. The third-order valence-electron chi connectivity index (χ3n) is 5.98. The van der Waals surface area contributed by atoms with Crippen LogP contribution in [0.5, 0.6) is 5.75 Å². The van der Waals surface area contributed by atoms with E-state index in [2.05, 4.69) is 0 Å². The number of carbonyl (C=O) groups excluding carboxylic acids is 2. The summed E-state index contributed by atoms with van der Waals surface area (Å²) in [7, 11) is 0. The molecule has 0 aliphatic heterocycles. The zero-order chi connectivity index (χ0) is 30.6. The fraction of sp³-hybridized carbons (Fsp3) is 0.226. The second-order valence-electron chi connectivity index (χ2n) is 9.12. The van der Waals surface area contributed by atoms with Crippen LogP contribution < -0.4 is 4.74 Å². The first kappa shape index (κ1) is 30.9. The molecule has 5 aromatic rings. The van der Waals surface area contributed by atoms with Crippen LogP contribution in [0.25, 0.3) is 21.9 Å². The molecule has 224 valence electrons. The molecule has 0 spiro atoms. The highest BCUT2D eigenvalue weighted by Gasteiger charge is 2.15. The molecular formula is C31H29ClN2O9. The molecule has 2 aromatic heterocycles. The van der Waals surface area contributed by atoms with E-state index in [1.54, 1.807) is 11.0 Å². The van der Waals surface area contributed by atoms with Gasteiger partial charge in [-0.1, -0.05) is 43.3 Å². The number of amides is 1. The van der Waals surface area contributed by atoms with Gasteiger partial charge in [0.2, 0.25) is 0 Å². The summed E-state index contributed by atoms with van der Waals surface area (Å²) in [5, 5.41) is 12.4. The third kappa shape index (κ3) is 8.98. The minimum Gasteiger partial charge on any atom is -0.457 e. The number of rotatable bonds is 10. The van der Waals surface area contributed by atoms with Gasteiger partial charge in [-0.25, -0.2) is 9.59 Å². The first-order valence-corrected chi connectivity index (χ1v) is 13.9. The number of para-hydroxylation sites is 2. The lowest BCUT2D eigenvalue weighted by atomic mass is 10.2. The number of carbonyl (C=O) groups is 2. The van der Waals surface area contributed by atoms with Gasteiger partial charge in [0, 0.05) is 41.9 Å². The molecule has 0 aliphatic carbocycles. The van der Waals surface area contributed by atoms with Gasteiger partial charge in [0.1, 0.15) is 28.4 Å². The Hall–Kier alpha value is -5.03. The number of furan rings is 2. The smallest absolute Gasteiger partial charge is 0.457 e. The Bertz CT molecular complexity index is 1590. The van der Waals surface area contributed by atoms with Crippen LogP contribution in [0.4, 0.5) is 15.3 Å². The summed E-state index contributed by atoms with van der Waals surface area (Å²) in [6.07, 6.45) is -0.399. The second kappa shape index (κ2) is 15.3. The molecule has 0 saturated carbocycles. The van der Waals surface area contributed by atoms with E-state index < -0.39 is 11.1 Å². The maximum absolute atomic E-state index is 11.9. The van der Waals surface area contributed by atoms with Gasteiger partial charge in [0.05, 0.1) is 4.92 Å². The minimum atomic E-state index is -0.917. The topological polar surface area (TPSA) is 134 Å². The van der Waals surface area contributed by atoms with Crippen LogP contribution in [0.3, 0.4) is 0 Å². The molecule has 0 saturated heterocycles. The Morgan fingerprint density at radius 3 is 1.91 bits per heavy atom. The molecule has 12 heteroatoms. The van der Waals surface area contributed by atoms with Crippen molar-refractivity contribution in [1.29, 1.82) is 0 Å². The van der Waals surface area contributed by atoms with Crippen LogP contribution in [-0.4, -0.2) is 41.0 Å². The number of nitro benzene ring substituents is 1. The molecule has 3 aromatic carbocycles. The van der Waals surface area contributed by atoms with Crippen molar-refractivity contribution in [3.05, 3.63) is 107 Å². The van der Waals surface area contributed by atoms with Gasteiger partial charge in [-0.15, -0.1) is 11.6 Å². The highest BCUT2D eigenvalue weighted by atomic mass is 35.5. The van der Waals surface area contributed by atoms with E-state index in [-0.39, 0.29) is 30.7 Å². The van der Waals surface area contributed by atoms with Gasteiger partial charge < -0.3 is 27.9 Å². The molecule has 5 rings (SSSR count). The normalized spacial score (nSPS) is 10.6. The monoisotopic (exact) mass is 608 g/mol. The first-order valence-electron chi connectivity index (χ1n) is 13.4. The summed E-state index contributed by atoms with van der Waals surface area (Å²) in [5.74, 6) is 1.69. The van der Waals surface area contributed by atoms with Gasteiger partial charge in [-0.2, -0.15) is 0 Å². The van der Waals surface area contributed by atoms with E-state index in [4.69, 9.17) is 34.6 Å². The maximum Gasteiger partial charge on any atom is 0.514 e. The summed E-state index contributed by atoms with van der Waals surface area (Å²) in [5.41, 5.74) is 1.41. The number of hydrogen-bond acceptors (Lipinski definition) is 9. The molecule has 0 radical (unpaired) electrons. The van der Waals surface area contributed by atoms with Crippen molar-refractivity contribution in [1.82, 2.24) is 4.90 Å². The fourth-order valence-electron chi connectivity index (χ4n) is 4.00. The summed E-state index contributed by atoms with van der Waals surface area (Å²) >= 11 is 5.68. The fourth-order valence-corrected chi connectivity index (χ4v) is 4.20. The predicted molar refractivity (Wildman–Crippen MR) is 159 cm³/mol. The molecule has 0 bridgehead atoms. The van der Waals surface area contributed by atoms with Gasteiger partial charge in [-0.05, 0) is 42.8 Å². The summed E-state index contributed by atoms with van der Waals surface area (Å²) in [6.45, 7) is 3.21. The lowest BCUT2D eigenvalue weighted by Crippen LogP contribution is -2.33. The molecule has 0 aliphatic rings. The molecule has 0 N–H and O–H groups in total. The molecular weight excluding hydrogens is 580 g/mol. The van der Waals surface area contributed by atoms with E-state index >= 15 is 0 Å². The predicted octanol–water partition coefficient (Wildman–Crippen LogP) is 8.08. The summed E-state index contributed by atoms with van der Waals surface area (Å²) in [4.78, 5) is 35.1. The highest BCUT2D eigenvalue weighted by molar-refractivity contribution is 6.18. The number of nitrogens with zero attached hydrogens (tertiary/aromatic N) is 2. The quantitative estimate of drug-likeness (QED) is 0.0506. The van der Waals surface area contributed by atoms with Crippen molar-refractivity contribution in [3.8, 4) is 5.75 Å². The number of fused-ring (bicyclic) bond motifs is 2. The van der Waals surface area contributed by atoms with Crippen LogP contribution in [0.2, 0.25) is 0 Å². The Kier molecular flexibility index (Phi) is 11.0. The maximum atomic E-state index is 11.9. The van der Waals surface area contributed by atoms with Gasteiger partial charge in [-0.3, -0.25) is 10.1 Å². The van der Waals surface area contributed by atoms with Crippen molar-refractivity contribution >= 4 is 51.5 Å². The number of nitro groups is 1. The van der Waals surface area contributed by atoms with Crippen LogP contribution >= 0.6 is 11.6 Å². The van der Waals surface area contributed by atoms with E-state index in [1.807, 2.05) is 61.5 Å². The van der Waals surface area contributed by atoms with Crippen molar-refractivity contribution in [3.63, 3.8) is 0 Å². The average Bonchev–Trinajstić information content (AvgIpc) is 3.63. The summed E-state index contributed by atoms with van der Waals surface area (Å²) in [6, 6.07) is 23.9. The Morgan fingerprint density at radius 1 is 0.837 bits per heavy atom. The first-order chi connectivity index (χ1) is 20.9. The lowest BCUT2D eigenvalue weighted by molar-refractivity contribution is -0.384. The van der Waals surface area contributed by atoms with Crippen LogP contribution in [0.1, 0.15) is 24.9 Å². The van der Waals surface area contributed by atoms with Crippen molar-refractivity contribution in [2.75, 3.05) is 19.0 Å². The number of non-ortho nitro benzene ring substituents is 1. The largest absolute Gasteiger partial charge is 0.514 e. The van der Waals surface area contributed by atoms with Crippen molar-refractivity contribution < 1.29 is 37.6 Å². The second-order valence-corrected chi connectivity index (χ2v) is 9.50. The van der Waals surface area contributed by atoms with Crippen LogP contribution in [-0.2, 0) is 22.7 Å². The molecule has 0 atom stereocenters. The van der Waals surface area contributed by atoms with E-state index in [0.29, 0.717) is 36.1 Å². The standard InChI is InChI=1S/C16H11NO6.C15H18ClNO3/c18-16(23-13-7-5-12(6-8-13)17(19)20)21-10-14-9-11-3-1-2-4-15(11)22-14;1-2-8-17(9-7-16)15(18)19-11-13-10-12-5-3-4-6-14(12)20-13/h1-9H,10H2;3-6,10H,2,7-9,11H2,1H3. The van der Waals surface area contributed by atoms with Crippen molar-refractivity contribution in [2.24, 2.45) is 0 Å². The Labute approximate surface area is 251 Å². The number of halogens is 1. The minimum absolute atomic E-state index is 0.0690. The number of hydrogen-bond donors (Lipinski definition) is 0. The molecule has 0 unspecified atom stereocenters. The molecule has 0 fully saturated rings. The number of alkyl halides is 1. The van der Waals surface area contributed by atoms with Crippen LogP contribution in [0, 0.1) is 10.1 Å². The third-order valence-corrected chi connectivity index (χ3v) is 6.15. The lowest BCUT2D eigenvalue weighted by Gasteiger charge is -2.19. The number of benzene rings is 3. The zero-order valence-corrected chi connectivity index (χ0v) is 24.0. The SMILES string of the molecule is CCCN(CCCl)C(=O)OCc1cc2ccccc2o1.O=C(OCc1cc2ccccc2o1)Oc1ccc([N+](=O)[O-])cc1. The molecule has 11 nitrogen and oxygen atoms in total. The number of ether oxygens (including phenoxy) is 3. The highest BCUT2D eigenvalue weighted by Crippen LogP contribution is 2.21.